The molecule has 0 aromatic rings. The van der Waals surface area contributed by atoms with E-state index in [1.807, 2.05) is 0 Å². The molecule has 0 aromatic carbocycles. The maximum absolute atomic E-state index is 11.7. The van der Waals surface area contributed by atoms with Gasteiger partial charge in [-0.2, -0.15) is 0 Å². The summed E-state index contributed by atoms with van der Waals surface area (Å²) in [6.45, 7) is 0. The number of aliphatic hydroxyl groups is 1. The van der Waals surface area contributed by atoms with Crippen molar-refractivity contribution in [3.63, 3.8) is 0 Å². The van der Waals surface area contributed by atoms with Gasteiger partial charge in [-0.1, -0.05) is 12.2 Å². The smallest absolute Gasteiger partial charge is 0.303 e. The number of aliphatic hydroxyl groups excluding tert-OH is 1. The second-order valence-electron chi connectivity index (χ2n) is 4.73. The summed E-state index contributed by atoms with van der Waals surface area (Å²) in [5, 5.41) is 19.5. The summed E-state index contributed by atoms with van der Waals surface area (Å²) in [5.74, 6) is -1.12. The van der Waals surface area contributed by atoms with Crippen LogP contribution >= 0.6 is 0 Å². The van der Waals surface area contributed by atoms with E-state index in [9.17, 15) is 14.7 Å². The number of amides is 1. The summed E-state index contributed by atoms with van der Waals surface area (Å²) in [6.07, 6.45) is 4.64. The third-order valence-electron chi connectivity index (χ3n) is 3.30. The van der Waals surface area contributed by atoms with Crippen LogP contribution in [0.3, 0.4) is 0 Å². The van der Waals surface area contributed by atoms with Crippen LogP contribution in [0.2, 0.25) is 0 Å². The quantitative estimate of drug-likeness (QED) is 0.504. The second kappa shape index (κ2) is 7.25. The first-order valence-electron chi connectivity index (χ1n) is 6.34. The third kappa shape index (κ3) is 5.00. The van der Waals surface area contributed by atoms with E-state index in [-0.39, 0.29) is 24.2 Å². The standard InChI is InChI=1S/C13H21NO5/c1-14(19-2)13(18)10-8-9(10)11(15)6-4-3-5-7-12(16)17/h3-4,9-11,15H,5-8H2,1-2H3,(H,16,17)/b4-3-/t9-,10-,11-/m1/s1. The minimum atomic E-state index is -0.833. The number of carboxylic acid groups (broad SMARTS) is 1. The molecule has 0 unspecified atom stereocenters. The van der Waals surface area contributed by atoms with E-state index >= 15 is 0 Å². The van der Waals surface area contributed by atoms with Crippen LogP contribution in [0.1, 0.15) is 25.7 Å². The van der Waals surface area contributed by atoms with Gasteiger partial charge >= 0.3 is 5.97 Å². The molecule has 0 saturated heterocycles. The fourth-order valence-corrected chi connectivity index (χ4v) is 1.98. The predicted molar refractivity (Wildman–Crippen MR) is 68.0 cm³/mol. The van der Waals surface area contributed by atoms with Crippen molar-refractivity contribution in [2.24, 2.45) is 11.8 Å². The Labute approximate surface area is 112 Å². The van der Waals surface area contributed by atoms with E-state index in [0.717, 1.165) is 0 Å². The number of hydrogen-bond acceptors (Lipinski definition) is 4. The molecular formula is C13H21NO5. The number of nitrogens with zero attached hydrogens (tertiary/aromatic N) is 1. The molecule has 3 atom stereocenters. The lowest BCUT2D eigenvalue weighted by Gasteiger charge is -2.14. The summed E-state index contributed by atoms with van der Waals surface area (Å²) in [5.41, 5.74) is 0. The summed E-state index contributed by atoms with van der Waals surface area (Å²) in [6, 6.07) is 0. The molecule has 108 valence electrons. The molecule has 1 aliphatic rings. The van der Waals surface area contributed by atoms with Gasteiger partial charge in [0.15, 0.2) is 0 Å². The van der Waals surface area contributed by atoms with Crippen LogP contribution in [0.25, 0.3) is 0 Å². The molecule has 1 amide bonds. The van der Waals surface area contributed by atoms with Gasteiger partial charge in [-0.25, -0.2) is 5.06 Å². The number of carbonyl (C=O) groups is 2. The van der Waals surface area contributed by atoms with Crippen LogP contribution in [0.4, 0.5) is 0 Å². The molecule has 0 radical (unpaired) electrons. The van der Waals surface area contributed by atoms with Gasteiger partial charge in [0.05, 0.1) is 13.2 Å². The van der Waals surface area contributed by atoms with Crippen molar-refractivity contribution < 1.29 is 24.6 Å². The molecule has 2 N–H and O–H groups in total. The van der Waals surface area contributed by atoms with Crippen molar-refractivity contribution in [1.82, 2.24) is 5.06 Å². The second-order valence-corrected chi connectivity index (χ2v) is 4.73. The first kappa shape index (κ1) is 15.7. The minimum absolute atomic E-state index is 0.0192. The van der Waals surface area contributed by atoms with Gasteiger partial charge in [-0.05, 0) is 25.2 Å². The number of carboxylic acids is 1. The molecule has 0 spiro atoms. The maximum Gasteiger partial charge on any atom is 0.303 e. The lowest BCUT2D eigenvalue weighted by atomic mass is 10.1. The summed E-state index contributed by atoms with van der Waals surface area (Å²) < 4.78 is 0. The molecule has 19 heavy (non-hydrogen) atoms. The molecule has 0 aromatic heterocycles. The number of carbonyl (C=O) groups excluding carboxylic acids is 1. The normalized spacial score (nSPS) is 23.3. The average molecular weight is 271 g/mol. The molecule has 6 heteroatoms. The van der Waals surface area contributed by atoms with Gasteiger partial charge in [-0.15, -0.1) is 0 Å². The van der Waals surface area contributed by atoms with Crippen LogP contribution in [0, 0.1) is 11.8 Å². The van der Waals surface area contributed by atoms with Crippen molar-refractivity contribution >= 4 is 11.9 Å². The Morgan fingerprint density at radius 1 is 1.47 bits per heavy atom. The molecule has 1 saturated carbocycles. The highest BCUT2D eigenvalue weighted by Crippen LogP contribution is 2.43. The van der Waals surface area contributed by atoms with Crippen molar-refractivity contribution in [2.75, 3.05) is 14.2 Å². The predicted octanol–water partition coefficient (Wildman–Crippen LogP) is 0.814. The Kier molecular flexibility index (Phi) is 5.98. The van der Waals surface area contributed by atoms with E-state index < -0.39 is 12.1 Å². The van der Waals surface area contributed by atoms with Crippen molar-refractivity contribution in [2.45, 2.75) is 31.8 Å². The molecular weight excluding hydrogens is 250 g/mol. The number of rotatable bonds is 8. The van der Waals surface area contributed by atoms with Crippen LogP contribution in [0.5, 0.6) is 0 Å². The minimum Gasteiger partial charge on any atom is -0.481 e. The fraction of sp³-hybridized carbons (Fsp3) is 0.692. The highest BCUT2D eigenvalue weighted by molar-refractivity contribution is 5.80. The van der Waals surface area contributed by atoms with Crippen LogP contribution in [-0.4, -0.2) is 47.4 Å². The van der Waals surface area contributed by atoms with Crippen molar-refractivity contribution in [3.05, 3.63) is 12.2 Å². The van der Waals surface area contributed by atoms with Gasteiger partial charge in [0.2, 0.25) is 5.91 Å². The molecule has 1 fully saturated rings. The average Bonchev–Trinajstić information content (AvgIpc) is 3.16. The van der Waals surface area contributed by atoms with Gasteiger partial charge in [0.25, 0.3) is 0 Å². The Bertz CT molecular complexity index is 355. The Balaban J connectivity index is 2.24. The highest BCUT2D eigenvalue weighted by Gasteiger charge is 2.48. The van der Waals surface area contributed by atoms with E-state index in [1.165, 1.54) is 12.2 Å². The molecule has 0 bridgehead atoms. The zero-order chi connectivity index (χ0) is 14.4. The highest BCUT2D eigenvalue weighted by atomic mass is 16.7. The monoisotopic (exact) mass is 271 g/mol. The lowest BCUT2D eigenvalue weighted by molar-refractivity contribution is -0.170. The molecule has 0 aliphatic heterocycles. The number of allylic oxidation sites excluding steroid dienone is 1. The van der Waals surface area contributed by atoms with E-state index in [4.69, 9.17) is 9.94 Å². The lowest BCUT2D eigenvalue weighted by Crippen LogP contribution is -2.28. The summed E-state index contributed by atoms with van der Waals surface area (Å²) >= 11 is 0. The van der Waals surface area contributed by atoms with Gasteiger partial charge in [-0.3, -0.25) is 14.4 Å². The zero-order valence-electron chi connectivity index (χ0n) is 11.3. The number of hydrogen-bond donors (Lipinski definition) is 2. The summed E-state index contributed by atoms with van der Waals surface area (Å²) in [4.78, 5) is 26.8. The van der Waals surface area contributed by atoms with Crippen molar-refractivity contribution in [3.8, 4) is 0 Å². The van der Waals surface area contributed by atoms with Gasteiger partial charge in [0.1, 0.15) is 0 Å². The fourth-order valence-electron chi connectivity index (χ4n) is 1.98. The molecule has 0 heterocycles. The zero-order valence-corrected chi connectivity index (χ0v) is 11.3. The van der Waals surface area contributed by atoms with Gasteiger partial charge in [0, 0.05) is 19.4 Å². The van der Waals surface area contributed by atoms with E-state index in [0.29, 0.717) is 19.3 Å². The number of aliphatic carboxylic acids is 1. The molecule has 1 rings (SSSR count). The van der Waals surface area contributed by atoms with Crippen LogP contribution < -0.4 is 0 Å². The third-order valence-corrected chi connectivity index (χ3v) is 3.30. The summed E-state index contributed by atoms with van der Waals surface area (Å²) in [7, 11) is 2.98. The van der Waals surface area contributed by atoms with E-state index in [1.54, 1.807) is 19.2 Å². The largest absolute Gasteiger partial charge is 0.481 e. The Hall–Kier alpha value is -1.40. The molecule has 6 nitrogen and oxygen atoms in total. The van der Waals surface area contributed by atoms with E-state index in [2.05, 4.69) is 0 Å². The SMILES string of the molecule is CON(C)C(=O)[C@@H]1C[C@H]1[C@H](O)C/C=C\CCC(=O)O. The van der Waals surface area contributed by atoms with Crippen molar-refractivity contribution in [1.29, 1.82) is 0 Å². The number of hydroxylamine groups is 2. The Morgan fingerprint density at radius 2 is 2.16 bits per heavy atom. The van der Waals surface area contributed by atoms with Crippen LogP contribution in [0.15, 0.2) is 12.2 Å². The van der Waals surface area contributed by atoms with Gasteiger partial charge < -0.3 is 10.2 Å². The molecule has 1 aliphatic carbocycles. The maximum atomic E-state index is 11.7. The first-order valence-corrected chi connectivity index (χ1v) is 6.34. The van der Waals surface area contributed by atoms with Crippen LogP contribution in [-0.2, 0) is 14.4 Å². The Morgan fingerprint density at radius 3 is 2.74 bits per heavy atom. The first-order chi connectivity index (χ1) is 8.97. The topological polar surface area (TPSA) is 87.1 Å².